The van der Waals surface area contributed by atoms with Gasteiger partial charge in [-0.25, -0.2) is 9.59 Å². The van der Waals surface area contributed by atoms with E-state index >= 15 is 0 Å². The second kappa shape index (κ2) is 16.7. The average Bonchev–Trinajstić information content (AvgIpc) is 3.91. The summed E-state index contributed by atoms with van der Waals surface area (Å²) in [6.07, 6.45) is 2.94. The van der Waals surface area contributed by atoms with Crippen LogP contribution in [0.5, 0.6) is 0 Å². The van der Waals surface area contributed by atoms with Gasteiger partial charge in [-0.2, -0.15) is 0 Å². The van der Waals surface area contributed by atoms with Crippen LogP contribution in [0.2, 0.25) is 0 Å². The van der Waals surface area contributed by atoms with Crippen molar-refractivity contribution >= 4 is 47.4 Å². The summed E-state index contributed by atoms with van der Waals surface area (Å²) in [6.45, 7) is 5.28. The summed E-state index contributed by atoms with van der Waals surface area (Å²) in [6, 6.07) is 3.33. The number of nitrogens with zero attached hydrogens (tertiary/aromatic N) is 4. The molecular weight excluding hydrogens is 700 g/mol. The van der Waals surface area contributed by atoms with Gasteiger partial charge < -0.3 is 39.9 Å². The molecule has 17 nitrogen and oxygen atoms in total. The number of fused-ring (bicyclic) bond motifs is 3. The zero-order chi connectivity index (χ0) is 38.5. The lowest BCUT2D eigenvalue weighted by molar-refractivity contribution is -0.158. The molecule has 0 aliphatic carbocycles. The zero-order valence-corrected chi connectivity index (χ0v) is 30.7. The molecule has 5 heterocycles. The highest BCUT2D eigenvalue weighted by Crippen LogP contribution is 2.28. The number of hydrogen-bond donors (Lipinski definition) is 4. The van der Waals surface area contributed by atoms with Crippen molar-refractivity contribution in [3.05, 3.63) is 47.7 Å². The van der Waals surface area contributed by atoms with E-state index < -0.39 is 84.4 Å². The number of benzene rings is 1. The van der Waals surface area contributed by atoms with Crippen LogP contribution in [0.3, 0.4) is 0 Å². The molecule has 4 fully saturated rings. The second-order valence-electron chi connectivity index (χ2n) is 14.7. The van der Waals surface area contributed by atoms with E-state index in [0.717, 1.165) is 0 Å². The van der Waals surface area contributed by atoms with E-state index in [-0.39, 0.29) is 31.2 Å². The fourth-order valence-electron chi connectivity index (χ4n) is 7.78. The van der Waals surface area contributed by atoms with Crippen LogP contribution in [0, 0.1) is 12.8 Å². The first-order valence-corrected chi connectivity index (χ1v) is 18.6. The van der Waals surface area contributed by atoms with Gasteiger partial charge in [0.2, 0.25) is 29.5 Å². The predicted molar refractivity (Wildman–Crippen MR) is 191 cm³/mol. The van der Waals surface area contributed by atoms with Gasteiger partial charge in [0, 0.05) is 32.1 Å². The number of amides is 7. The predicted octanol–water partition coefficient (Wildman–Crippen LogP) is 0.871. The third-order valence-corrected chi connectivity index (χ3v) is 10.5. The fraction of sp³-hybridized carbons (Fsp3) is 0.568. The Labute approximate surface area is 312 Å². The van der Waals surface area contributed by atoms with Crippen molar-refractivity contribution in [2.75, 3.05) is 31.6 Å². The molecule has 7 atom stereocenters. The third kappa shape index (κ3) is 8.66. The van der Waals surface area contributed by atoms with Gasteiger partial charge in [0.25, 0.3) is 0 Å². The molecule has 6 rings (SSSR count). The standard InChI is InChI=1S/C37H48N8O9/c1-21-16-29-36(51)53-20-26(39-31(46)25(18-24-10-5-4-6-11-24)40-37(52)41-30-17-22(2)54-42-30)34(49)44-15-9-13-28(44)35(50)43-14-8-7-12-27(43)32(47)38-23(3)33(48)45(29)19-21/h4-6,10-11,17,21,23,25-29H,7-9,12-16,18-20H2,1-3H3,(H,38,47)(H,39,46)(H2,40,41,42,52)/t21-,23-,25-,26-,27-,28-,29-/m0/s1. The van der Waals surface area contributed by atoms with Crippen LogP contribution >= 0.6 is 0 Å². The molecule has 54 heavy (non-hydrogen) atoms. The molecule has 7 amide bonds. The lowest BCUT2D eigenvalue weighted by atomic mass is 9.99. The molecule has 0 radical (unpaired) electrons. The number of aromatic nitrogens is 1. The molecule has 0 spiro atoms. The molecule has 1 aromatic carbocycles. The van der Waals surface area contributed by atoms with Gasteiger partial charge in [0.1, 0.15) is 48.6 Å². The highest BCUT2D eigenvalue weighted by molar-refractivity contribution is 5.98. The van der Waals surface area contributed by atoms with E-state index in [1.165, 1.54) is 20.8 Å². The average molecular weight is 749 g/mol. The minimum Gasteiger partial charge on any atom is -0.461 e. The van der Waals surface area contributed by atoms with Crippen molar-refractivity contribution in [2.24, 2.45) is 5.92 Å². The zero-order valence-electron chi connectivity index (χ0n) is 30.7. The van der Waals surface area contributed by atoms with Crippen LogP contribution in [-0.2, 0) is 39.9 Å². The number of aryl methyl sites for hydroxylation is 1. The summed E-state index contributed by atoms with van der Waals surface area (Å²) in [7, 11) is 0. The number of piperidine rings is 1. The first kappa shape index (κ1) is 38.3. The van der Waals surface area contributed by atoms with Crippen molar-refractivity contribution in [2.45, 2.75) is 102 Å². The van der Waals surface area contributed by atoms with Crippen molar-refractivity contribution in [1.82, 2.24) is 35.8 Å². The molecule has 1 aromatic heterocycles. The van der Waals surface area contributed by atoms with Crippen molar-refractivity contribution in [3.8, 4) is 0 Å². The number of nitrogens with one attached hydrogen (secondary N) is 4. The van der Waals surface area contributed by atoms with Crippen LogP contribution in [0.4, 0.5) is 10.6 Å². The number of esters is 1. The summed E-state index contributed by atoms with van der Waals surface area (Å²) in [5.74, 6) is -2.96. The van der Waals surface area contributed by atoms with E-state index in [4.69, 9.17) is 9.26 Å². The lowest BCUT2D eigenvalue weighted by Crippen LogP contribution is -2.62. The van der Waals surface area contributed by atoms with Gasteiger partial charge in [0.05, 0.1) is 0 Å². The van der Waals surface area contributed by atoms with Gasteiger partial charge in [-0.1, -0.05) is 42.4 Å². The number of cyclic esters (lactones) is 1. The van der Waals surface area contributed by atoms with Gasteiger partial charge in [-0.3, -0.25) is 29.3 Å². The second-order valence-corrected chi connectivity index (χ2v) is 14.7. The van der Waals surface area contributed by atoms with Crippen molar-refractivity contribution in [1.29, 1.82) is 0 Å². The number of carbonyl (C=O) groups excluding carboxylic acids is 7. The molecule has 2 aromatic rings. The van der Waals surface area contributed by atoms with Crippen LogP contribution in [0.1, 0.15) is 63.7 Å². The smallest absolute Gasteiger partial charge is 0.328 e. The number of hydrogen-bond acceptors (Lipinski definition) is 10. The Morgan fingerprint density at radius 3 is 2.37 bits per heavy atom. The summed E-state index contributed by atoms with van der Waals surface area (Å²) < 4.78 is 10.7. The normalized spacial score (nSPS) is 27.3. The highest BCUT2D eigenvalue weighted by atomic mass is 16.5. The Balaban J connectivity index is 1.29. The Hall–Kier alpha value is -5.48. The molecular formula is C37H48N8O9. The molecule has 290 valence electrons. The Morgan fingerprint density at radius 1 is 0.907 bits per heavy atom. The maximum atomic E-state index is 14.4. The van der Waals surface area contributed by atoms with E-state index in [1.54, 1.807) is 38.1 Å². The van der Waals surface area contributed by atoms with Crippen molar-refractivity contribution in [3.63, 3.8) is 0 Å². The Bertz CT molecular complexity index is 1750. The maximum Gasteiger partial charge on any atom is 0.328 e. The minimum atomic E-state index is -1.45. The monoisotopic (exact) mass is 748 g/mol. The first-order valence-electron chi connectivity index (χ1n) is 18.6. The third-order valence-electron chi connectivity index (χ3n) is 10.5. The van der Waals surface area contributed by atoms with Gasteiger partial charge >= 0.3 is 12.0 Å². The van der Waals surface area contributed by atoms with E-state index in [9.17, 15) is 33.6 Å². The molecule has 17 heteroatoms. The molecule has 4 aliphatic rings. The Kier molecular flexibility index (Phi) is 11.8. The van der Waals surface area contributed by atoms with Crippen LogP contribution in [0.15, 0.2) is 40.9 Å². The van der Waals surface area contributed by atoms with Crippen LogP contribution < -0.4 is 21.3 Å². The number of anilines is 1. The highest BCUT2D eigenvalue weighted by Gasteiger charge is 2.46. The maximum absolute atomic E-state index is 14.4. The number of rotatable bonds is 6. The van der Waals surface area contributed by atoms with Gasteiger partial charge in [-0.05, 0) is 63.9 Å². The first-order chi connectivity index (χ1) is 25.9. The van der Waals surface area contributed by atoms with Gasteiger partial charge in [0.15, 0.2) is 5.82 Å². The van der Waals surface area contributed by atoms with E-state index in [0.29, 0.717) is 56.4 Å². The van der Waals surface area contributed by atoms with E-state index in [2.05, 4.69) is 26.4 Å². The summed E-state index contributed by atoms with van der Waals surface area (Å²) in [5, 5.41) is 14.4. The quantitative estimate of drug-likeness (QED) is 0.306. The van der Waals surface area contributed by atoms with Gasteiger partial charge in [-0.15, -0.1) is 0 Å². The van der Waals surface area contributed by atoms with E-state index in [1.807, 2.05) is 13.0 Å². The molecule has 4 aliphatic heterocycles. The summed E-state index contributed by atoms with van der Waals surface area (Å²) in [5.41, 5.74) is 0.714. The lowest BCUT2D eigenvalue weighted by Gasteiger charge is -2.39. The number of ether oxygens (including phenoxy) is 1. The number of urea groups is 1. The van der Waals surface area contributed by atoms with Crippen LogP contribution in [-0.4, -0.2) is 124 Å². The largest absolute Gasteiger partial charge is 0.461 e. The topological polar surface area (TPSA) is 213 Å². The number of carbonyl (C=O) groups is 7. The summed E-state index contributed by atoms with van der Waals surface area (Å²) >= 11 is 0. The summed E-state index contributed by atoms with van der Waals surface area (Å²) in [4.78, 5) is 101. The molecule has 4 saturated heterocycles. The molecule has 0 bridgehead atoms. The van der Waals surface area contributed by atoms with Crippen LogP contribution in [0.25, 0.3) is 0 Å². The van der Waals surface area contributed by atoms with Crippen molar-refractivity contribution < 1.29 is 42.8 Å². The minimum absolute atomic E-state index is 0.0388. The SMILES string of the molecule is Cc1cc(NC(=O)N[C@@H](Cc2ccccc2)C(=O)N[C@H]2COC(=O)[C@@H]3C[C@H](C)CN3C(=O)[C@H](C)NC(=O)[C@@H]3CCCCN3C(=O)[C@@H]3CCCN3C2=O)no1. The molecule has 0 unspecified atom stereocenters. The molecule has 0 saturated carbocycles. The fourth-order valence-corrected chi connectivity index (χ4v) is 7.78. The Morgan fingerprint density at radius 2 is 1.63 bits per heavy atom. The molecule has 4 N–H and O–H groups in total.